The molecule has 0 radical (unpaired) electrons. The van der Waals surface area contributed by atoms with Gasteiger partial charge < -0.3 is 9.64 Å². The first-order valence-corrected chi connectivity index (χ1v) is 8.16. The van der Waals surface area contributed by atoms with Gasteiger partial charge in [-0.2, -0.15) is 9.78 Å². The number of nitrogens with one attached hydrogen (secondary N) is 1. The highest BCUT2D eigenvalue weighted by Gasteiger charge is 2.22. The van der Waals surface area contributed by atoms with Crippen molar-refractivity contribution in [2.75, 3.05) is 40.3 Å². The lowest BCUT2D eigenvalue weighted by atomic mass is 10.3. The van der Waals surface area contributed by atoms with E-state index in [9.17, 15) is 14.0 Å². The minimum Gasteiger partial charge on any atom is -0.494 e. The number of hydrogen-bond donors (Lipinski definition) is 1. The summed E-state index contributed by atoms with van der Waals surface area (Å²) in [6, 6.07) is 6.46. The van der Waals surface area contributed by atoms with Crippen LogP contribution in [0.5, 0.6) is 5.75 Å². The average Bonchev–Trinajstić information content (AvgIpc) is 2.64. The molecule has 2 heterocycles. The standard InChI is InChI=1S/C17H20FN5O3/c1-21-7-9-22(10-8-21)20-17(25)16-14(26-2)11-15(24)23(19-16)13-5-3-12(18)4-6-13/h3-6,11H,7-10H2,1-2H3,(H,20,25). The second kappa shape index (κ2) is 7.63. The number of carbonyl (C=O) groups excluding carboxylic acids is 1. The summed E-state index contributed by atoms with van der Waals surface area (Å²) in [5, 5.41) is 5.93. The first kappa shape index (κ1) is 18.0. The number of hydrogen-bond acceptors (Lipinski definition) is 6. The van der Waals surface area contributed by atoms with Crippen molar-refractivity contribution in [3.05, 3.63) is 52.2 Å². The zero-order valence-electron chi connectivity index (χ0n) is 14.6. The van der Waals surface area contributed by atoms with Crippen LogP contribution in [0.2, 0.25) is 0 Å². The van der Waals surface area contributed by atoms with E-state index in [1.165, 1.54) is 37.4 Å². The molecule has 1 aliphatic rings. The van der Waals surface area contributed by atoms with Crippen molar-refractivity contribution < 1.29 is 13.9 Å². The fraction of sp³-hybridized carbons (Fsp3) is 0.353. The average molecular weight is 361 g/mol. The maximum atomic E-state index is 13.1. The summed E-state index contributed by atoms with van der Waals surface area (Å²) in [5.74, 6) is -0.814. The number of hydrazine groups is 1. The van der Waals surface area contributed by atoms with E-state index in [2.05, 4.69) is 15.4 Å². The lowest BCUT2D eigenvalue weighted by Crippen LogP contribution is -2.52. The molecule has 1 aliphatic heterocycles. The Kier molecular flexibility index (Phi) is 5.29. The highest BCUT2D eigenvalue weighted by molar-refractivity contribution is 5.94. The number of methoxy groups -OCH3 is 1. The Hall–Kier alpha value is -2.78. The van der Waals surface area contributed by atoms with Gasteiger partial charge in [0.1, 0.15) is 5.82 Å². The fourth-order valence-corrected chi connectivity index (χ4v) is 2.64. The maximum Gasteiger partial charge on any atom is 0.289 e. The molecular weight excluding hydrogens is 341 g/mol. The van der Waals surface area contributed by atoms with E-state index in [0.717, 1.165) is 17.8 Å². The molecule has 0 atom stereocenters. The monoisotopic (exact) mass is 361 g/mol. The quantitative estimate of drug-likeness (QED) is 0.842. The number of amides is 1. The molecule has 2 aromatic rings. The van der Waals surface area contributed by atoms with Crippen LogP contribution in [0.1, 0.15) is 10.5 Å². The van der Waals surface area contributed by atoms with Crippen molar-refractivity contribution in [1.82, 2.24) is 25.1 Å². The third-order valence-electron chi connectivity index (χ3n) is 4.17. The second-order valence-electron chi connectivity index (χ2n) is 6.02. The van der Waals surface area contributed by atoms with Crippen LogP contribution in [0.3, 0.4) is 0 Å². The van der Waals surface area contributed by atoms with Gasteiger partial charge in [-0.1, -0.05) is 0 Å². The third kappa shape index (κ3) is 3.89. The Labute approximate surface area is 149 Å². The van der Waals surface area contributed by atoms with Crippen LogP contribution in [0.4, 0.5) is 4.39 Å². The van der Waals surface area contributed by atoms with Gasteiger partial charge in [0, 0.05) is 26.2 Å². The molecule has 1 aromatic heterocycles. The van der Waals surface area contributed by atoms with E-state index >= 15 is 0 Å². The second-order valence-corrected chi connectivity index (χ2v) is 6.02. The minimum atomic E-state index is -0.482. The summed E-state index contributed by atoms with van der Waals surface area (Å²) in [4.78, 5) is 27.1. The summed E-state index contributed by atoms with van der Waals surface area (Å²) in [7, 11) is 3.38. The molecule has 1 saturated heterocycles. The van der Waals surface area contributed by atoms with Crippen LogP contribution in [-0.2, 0) is 0 Å². The van der Waals surface area contributed by atoms with E-state index in [0.29, 0.717) is 18.8 Å². The van der Waals surface area contributed by atoms with Gasteiger partial charge >= 0.3 is 0 Å². The number of likely N-dealkylation sites (N-methyl/N-ethyl adjacent to an activating group) is 1. The van der Waals surface area contributed by atoms with Gasteiger partial charge in [-0.3, -0.25) is 15.0 Å². The van der Waals surface area contributed by atoms with E-state index in [1.807, 2.05) is 7.05 Å². The van der Waals surface area contributed by atoms with Gasteiger partial charge in [-0.05, 0) is 31.3 Å². The summed E-state index contributed by atoms with van der Waals surface area (Å²) in [6.07, 6.45) is 0. The van der Waals surface area contributed by atoms with Crippen LogP contribution in [0, 0.1) is 5.82 Å². The van der Waals surface area contributed by atoms with Gasteiger partial charge in [0.25, 0.3) is 11.5 Å². The molecule has 1 N–H and O–H groups in total. The van der Waals surface area contributed by atoms with Gasteiger partial charge in [-0.25, -0.2) is 9.40 Å². The molecule has 9 heteroatoms. The Balaban J connectivity index is 1.90. The van der Waals surface area contributed by atoms with E-state index < -0.39 is 17.3 Å². The summed E-state index contributed by atoms with van der Waals surface area (Å²) in [5.41, 5.74) is 2.64. The molecule has 0 aliphatic carbocycles. The number of aromatic nitrogens is 2. The highest BCUT2D eigenvalue weighted by Crippen LogP contribution is 2.15. The molecule has 0 unspecified atom stereocenters. The molecule has 0 bridgehead atoms. The molecule has 3 rings (SSSR count). The van der Waals surface area contributed by atoms with Gasteiger partial charge in [0.15, 0.2) is 11.4 Å². The molecule has 0 saturated carbocycles. The number of piperazine rings is 1. The molecule has 1 amide bonds. The molecule has 1 fully saturated rings. The van der Waals surface area contributed by atoms with Crippen molar-refractivity contribution in [1.29, 1.82) is 0 Å². The Morgan fingerprint density at radius 1 is 1.19 bits per heavy atom. The minimum absolute atomic E-state index is 0.0182. The number of halogens is 1. The Morgan fingerprint density at radius 3 is 2.46 bits per heavy atom. The lowest BCUT2D eigenvalue weighted by molar-refractivity contribution is 0.0653. The summed E-state index contributed by atoms with van der Waals surface area (Å²) >= 11 is 0. The van der Waals surface area contributed by atoms with Crippen molar-refractivity contribution in [2.24, 2.45) is 0 Å². The van der Waals surface area contributed by atoms with Crippen molar-refractivity contribution in [2.45, 2.75) is 0 Å². The zero-order valence-corrected chi connectivity index (χ0v) is 14.6. The molecule has 1 aromatic carbocycles. The molecule has 138 valence electrons. The molecule has 26 heavy (non-hydrogen) atoms. The first-order chi connectivity index (χ1) is 12.5. The van der Waals surface area contributed by atoms with Gasteiger partial charge in [0.2, 0.25) is 0 Å². The number of rotatable bonds is 4. The maximum absolute atomic E-state index is 13.1. The van der Waals surface area contributed by atoms with Crippen LogP contribution < -0.4 is 15.7 Å². The third-order valence-corrected chi connectivity index (χ3v) is 4.17. The van der Waals surface area contributed by atoms with Crippen molar-refractivity contribution in [3.8, 4) is 11.4 Å². The van der Waals surface area contributed by atoms with Crippen LogP contribution in [0.15, 0.2) is 35.1 Å². The lowest BCUT2D eigenvalue weighted by Gasteiger charge is -2.32. The molecule has 0 spiro atoms. The number of benzene rings is 1. The number of carbonyl (C=O) groups is 1. The normalized spacial score (nSPS) is 15.7. The molecular formula is C17H20FN5O3. The smallest absolute Gasteiger partial charge is 0.289 e. The topological polar surface area (TPSA) is 79.7 Å². The van der Waals surface area contributed by atoms with Crippen LogP contribution in [0.25, 0.3) is 5.69 Å². The summed E-state index contributed by atoms with van der Waals surface area (Å²) in [6.45, 7) is 3.03. The largest absolute Gasteiger partial charge is 0.494 e. The Morgan fingerprint density at radius 2 is 1.85 bits per heavy atom. The first-order valence-electron chi connectivity index (χ1n) is 8.16. The fourth-order valence-electron chi connectivity index (χ4n) is 2.64. The number of ether oxygens (including phenoxy) is 1. The van der Waals surface area contributed by atoms with Crippen LogP contribution in [-0.4, -0.2) is 65.9 Å². The molecule has 8 nitrogen and oxygen atoms in total. The summed E-state index contributed by atoms with van der Waals surface area (Å²) < 4.78 is 19.3. The predicted octanol–water partition coefficient (Wildman–Crippen LogP) is 0.272. The Bertz CT molecular complexity index is 844. The number of nitrogens with zero attached hydrogens (tertiary/aromatic N) is 4. The SMILES string of the molecule is COc1cc(=O)n(-c2ccc(F)cc2)nc1C(=O)NN1CCN(C)CC1. The van der Waals surface area contributed by atoms with E-state index in [4.69, 9.17) is 4.74 Å². The van der Waals surface area contributed by atoms with Crippen molar-refractivity contribution >= 4 is 5.91 Å². The highest BCUT2D eigenvalue weighted by atomic mass is 19.1. The predicted molar refractivity (Wildman–Crippen MR) is 92.9 cm³/mol. The van der Waals surface area contributed by atoms with Crippen molar-refractivity contribution in [3.63, 3.8) is 0 Å². The van der Waals surface area contributed by atoms with E-state index in [-0.39, 0.29) is 11.4 Å². The van der Waals surface area contributed by atoms with Gasteiger partial charge in [0.05, 0.1) is 18.9 Å². The van der Waals surface area contributed by atoms with Crippen LogP contribution >= 0.6 is 0 Å². The van der Waals surface area contributed by atoms with Gasteiger partial charge in [-0.15, -0.1) is 0 Å². The van der Waals surface area contributed by atoms with E-state index in [1.54, 1.807) is 5.01 Å². The zero-order chi connectivity index (χ0) is 18.7.